The molecule has 154 valence electrons. The number of benzene rings is 1. The van der Waals surface area contributed by atoms with Gasteiger partial charge in [-0.25, -0.2) is 4.68 Å². The molecule has 2 aromatic rings. The summed E-state index contributed by atoms with van der Waals surface area (Å²) in [5, 5.41) is 5.70. The molecule has 0 radical (unpaired) electrons. The van der Waals surface area contributed by atoms with E-state index < -0.39 is 5.79 Å². The van der Waals surface area contributed by atoms with Crippen molar-refractivity contribution < 1.29 is 14.3 Å². The number of nitrogens with zero attached hydrogens (tertiary/aromatic N) is 3. The fourth-order valence-electron chi connectivity index (χ4n) is 3.74. The minimum absolute atomic E-state index is 0.0428. The second kappa shape index (κ2) is 8.48. The van der Waals surface area contributed by atoms with E-state index >= 15 is 0 Å². The molecule has 8 heteroatoms. The molecule has 1 amide bonds. The highest BCUT2D eigenvalue weighted by atomic mass is 35.5. The summed E-state index contributed by atoms with van der Waals surface area (Å²) in [7, 11) is 0. The van der Waals surface area contributed by atoms with E-state index in [9.17, 15) is 4.79 Å². The number of ether oxygens (including phenoxy) is 2. The molecule has 0 bridgehead atoms. The number of aryl methyl sites for hydroxylation is 1. The van der Waals surface area contributed by atoms with Gasteiger partial charge in [-0.05, 0) is 30.7 Å². The van der Waals surface area contributed by atoms with Crippen molar-refractivity contribution in [2.75, 3.05) is 26.3 Å². The molecule has 4 rings (SSSR count). The second-order valence-electron chi connectivity index (χ2n) is 7.34. The van der Waals surface area contributed by atoms with E-state index in [2.05, 4.69) is 5.10 Å². The smallest absolute Gasteiger partial charge is 0.246 e. The lowest BCUT2D eigenvalue weighted by Gasteiger charge is -2.37. The summed E-state index contributed by atoms with van der Waals surface area (Å²) in [4.78, 5) is 14.4. The van der Waals surface area contributed by atoms with Gasteiger partial charge < -0.3 is 14.4 Å². The third-order valence-electron chi connectivity index (χ3n) is 5.40. The highest BCUT2D eigenvalue weighted by molar-refractivity contribution is 6.31. The summed E-state index contributed by atoms with van der Waals surface area (Å²) in [5.41, 5.74) is 2.58. The Bertz CT molecular complexity index is 908. The molecule has 1 aromatic heterocycles. The normalized spacial score (nSPS) is 18.8. The first-order valence-electron chi connectivity index (χ1n) is 9.68. The summed E-state index contributed by atoms with van der Waals surface area (Å²) in [6, 6.07) is 7.56. The van der Waals surface area contributed by atoms with Gasteiger partial charge in [0.05, 0.1) is 25.5 Å². The molecule has 2 aliphatic heterocycles. The van der Waals surface area contributed by atoms with Crippen LogP contribution in [0.3, 0.4) is 0 Å². The number of amides is 1. The van der Waals surface area contributed by atoms with Gasteiger partial charge in [-0.15, -0.1) is 0 Å². The fraction of sp³-hybridized carbons (Fsp3) is 0.429. The number of hydrogen-bond donors (Lipinski definition) is 0. The Balaban J connectivity index is 1.41. The van der Waals surface area contributed by atoms with Crippen LogP contribution in [0.15, 0.2) is 30.3 Å². The van der Waals surface area contributed by atoms with Gasteiger partial charge in [-0.2, -0.15) is 5.10 Å². The van der Waals surface area contributed by atoms with Crippen LogP contribution in [0, 0.1) is 6.92 Å². The van der Waals surface area contributed by atoms with Crippen LogP contribution in [0.2, 0.25) is 10.2 Å². The minimum Gasteiger partial charge on any atom is -0.347 e. The Morgan fingerprint density at radius 1 is 1.17 bits per heavy atom. The lowest BCUT2D eigenvalue weighted by molar-refractivity contribution is -0.186. The maximum absolute atomic E-state index is 12.6. The standard InChI is InChI=1S/C21H23Cl2N3O3/c1-15-18(20(23)26(24-15)14-16-2-4-17(22)5-3-16)6-7-19(27)25-10-8-21(9-11-25)28-12-13-29-21/h2-7H,8-14H2,1H3/b7-6+. The Labute approximate surface area is 180 Å². The number of carbonyl (C=O) groups excluding carboxylic acids is 1. The van der Waals surface area contributed by atoms with Crippen molar-refractivity contribution in [3.8, 4) is 0 Å². The number of hydrogen-bond acceptors (Lipinski definition) is 4. The van der Waals surface area contributed by atoms with Gasteiger partial charge in [0.25, 0.3) is 0 Å². The van der Waals surface area contributed by atoms with E-state index in [1.807, 2.05) is 36.1 Å². The number of carbonyl (C=O) groups is 1. The van der Waals surface area contributed by atoms with E-state index in [0.717, 1.165) is 16.8 Å². The molecule has 2 fully saturated rings. The molecular weight excluding hydrogens is 413 g/mol. The first-order valence-corrected chi connectivity index (χ1v) is 10.4. The van der Waals surface area contributed by atoms with Crippen molar-refractivity contribution in [2.45, 2.75) is 32.1 Å². The zero-order valence-electron chi connectivity index (χ0n) is 16.2. The molecule has 6 nitrogen and oxygen atoms in total. The molecule has 0 saturated carbocycles. The second-order valence-corrected chi connectivity index (χ2v) is 8.13. The molecule has 1 spiro atoms. The Hall–Kier alpha value is -1.86. The number of aromatic nitrogens is 2. The quantitative estimate of drug-likeness (QED) is 0.682. The van der Waals surface area contributed by atoms with Gasteiger partial charge >= 0.3 is 0 Å². The average molecular weight is 436 g/mol. The lowest BCUT2D eigenvalue weighted by atomic mass is 10.0. The zero-order chi connectivity index (χ0) is 20.4. The molecule has 29 heavy (non-hydrogen) atoms. The topological polar surface area (TPSA) is 56.6 Å². The van der Waals surface area contributed by atoms with Crippen molar-refractivity contribution in [1.82, 2.24) is 14.7 Å². The number of halogens is 2. The van der Waals surface area contributed by atoms with E-state index in [1.165, 1.54) is 0 Å². The van der Waals surface area contributed by atoms with Crippen LogP contribution in [0.1, 0.15) is 29.7 Å². The average Bonchev–Trinajstić information content (AvgIpc) is 3.27. The summed E-state index contributed by atoms with van der Waals surface area (Å²) in [6.45, 7) is 4.91. The van der Waals surface area contributed by atoms with Crippen LogP contribution in [0.4, 0.5) is 0 Å². The van der Waals surface area contributed by atoms with Gasteiger partial charge in [0.15, 0.2) is 5.79 Å². The largest absolute Gasteiger partial charge is 0.347 e. The summed E-state index contributed by atoms with van der Waals surface area (Å²) in [6.07, 6.45) is 4.71. The van der Waals surface area contributed by atoms with Crippen molar-refractivity contribution in [3.63, 3.8) is 0 Å². The van der Waals surface area contributed by atoms with Gasteiger partial charge in [0, 0.05) is 42.6 Å². The highest BCUT2D eigenvalue weighted by Gasteiger charge is 2.40. The molecule has 0 N–H and O–H groups in total. The molecule has 2 aliphatic rings. The number of rotatable bonds is 4. The fourth-order valence-corrected chi connectivity index (χ4v) is 4.16. The molecule has 0 atom stereocenters. The Kier molecular flexibility index (Phi) is 5.97. The van der Waals surface area contributed by atoms with Crippen LogP contribution in [-0.4, -0.2) is 52.7 Å². The Morgan fingerprint density at radius 3 is 2.48 bits per heavy atom. The third-order valence-corrected chi connectivity index (χ3v) is 6.05. The van der Waals surface area contributed by atoms with Crippen LogP contribution in [-0.2, 0) is 20.8 Å². The minimum atomic E-state index is -0.483. The zero-order valence-corrected chi connectivity index (χ0v) is 17.7. The predicted molar refractivity (Wildman–Crippen MR) is 112 cm³/mol. The SMILES string of the molecule is Cc1nn(Cc2ccc(Cl)cc2)c(Cl)c1/C=C/C(=O)N1CCC2(CC1)OCCO2. The van der Waals surface area contributed by atoms with Gasteiger partial charge in [-0.3, -0.25) is 4.79 Å². The summed E-state index contributed by atoms with van der Waals surface area (Å²) in [5.74, 6) is -0.526. The molecule has 0 aliphatic carbocycles. The number of likely N-dealkylation sites (tertiary alicyclic amines) is 1. The molecule has 1 aromatic carbocycles. The van der Waals surface area contributed by atoms with E-state index in [1.54, 1.807) is 16.8 Å². The first kappa shape index (κ1) is 20.4. The highest BCUT2D eigenvalue weighted by Crippen LogP contribution is 2.31. The predicted octanol–water partition coefficient (Wildman–Crippen LogP) is 3.93. The molecule has 3 heterocycles. The maximum atomic E-state index is 12.6. The van der Waals surface area contributed by atoms with Crippen LogP contribution < -0.4 is 0 Å². The summed E-state index contributed by atoms with van der Waals surface area (Å²) >= 11 is 12.5. The van der Waals surface area contributed by atoms with Gasteiger partial charge in [0.1, 0.15) is 5.15 Å². The molecular formula is C21H23Cl2N3O3. The first-order chi connectivity index (χ1) is 14.0. The third kappa shape index (κ3) is 4.51. The van der Waals surface area contributed by atoms with Crippen molar-refractivity contribution >= 4 is 35.2 Å². The van der Waals surface area contributed by atoms with Gasteiger partial charge in [-0.1, -0.05) is 35.3 Å². The van der Waals surface area contributed by atoms with E-state index in [0.29, 0.717) is 55.9 Å². The van der Waals surface area contributed by atoms with Crippen molar-refractivity contribution in [3.05, 3.63) is 57.3 Å². The van der Waals surface area contributed by atoms with Crippen LogP contribution in [0.25, 0.3) is 6.08 Å². The molecule has 0 unspecified atom stereocenters. The van der Waals surface area contributed by atoms with E-state index in [-0.39, 0.29) is 5.91 Å². The van der Waals surface area contributed by atoms with Gasteiger partial charge in [0.2, 0.25) is 5.91 Å². The Morgan fingerprint density at radius 2 is 1.83 bits per heavy atom. The van der Waals surface area contributed by atoms with Crippen molar-refractivity contribution in [2.24, 2.45) is 0 Å². The molecule has 2 saturated heterocycles. The van der Waals surface area contributed by atoms with Crippen LogP contribution >= 0.6 is 23.2 Å². The lowest BCUT2D eigenvalue weighted by Crippen LogP contribution is -2.46. The van der Waals surface area contributed by atoms with Crippen molar-refractivity contribution in [1.29, 1.82) is 0 Å². The van der Waals surface area contributed by atoms with Crippen LogP contribution in [0.5, 0.6) is 0 Å². The summed E-state index contributed by atoms with van der Waals surface area (Å²) < 4.78 is 13.2. The van der Waals surface area contributed by atoms with E-state index in [4.69, 9.17) is 32.7 Å². The number of piperidine rings is 1. The monoisotopic (exact) mass is 435 g/mol. The maximum Gasteiger partial charge on any atom is 0.246 e.